The predicted octanol–water partition coefficient (Wildman–Crippen LogP) is 2.68. The second-order valence-electron chi connectivity index (χ2n) is 3.39. The second-order valence-corrected chi connectivity index (χ2v) is 3.80. The highest BCUT2D eigenvalue weighted by atomic mass is 35.5. The average Bonchev–Trinajstić information content (AvgIpc) is 2.11. The van der Waals surface area contributed by atoms with Crippen LogP contribution in [0.4, 0.5) is 4.39 Å². The summed E-state index contributed by atoms with van der Waals surface area (Å²) in [4.78, 5) is 0. The molecule has 0 atom stereocenters. The van der Waals surface area contributed by atoms with E-state index in [4.69, 9.17) is 11.6 Å². The zero-order valence-corrected chi connectivity index (χ0v) is 8.90. The summed E-state index contributed by atoms with van der Waals surface area (Å²) in [6.45, 7) is 4.16. The van der Waals surface area contributed by atoms with Crippen LogP contribution in [-0.4, -0.2) is 11.1 Å². The van der Waals surface area contributed by atoms with Gasteiger partial charge in [0.1, 0.15) is 11.6 Å². The first-order valence-electron chi connectivity index (χ1n) is 4.41. The Morgan fingerprint density at radius 1 is 1.50 bits per heavy atom. The Balaban J connectivity index is 2.89. The van der Waals surface area contributed by atoms with Crippen molar-refractivity contribution in [3.63, 3.8) is 0 Å². The van der Waals surface area contributed by atoms with Gasteiger partial charge in [0.2, 0.25) is 0 Å². The van der Waals surface area contributed by atoms with Crippen LogP contribution in [-0.2, 0) is 6.54 Å². The van der Waals surface area contributed by atoms with E-state index in [-0.39, 0.29) is 28.9 Å². The number of phenols is 1. The highest BCUT2D eigenvalue weighted by Crippen LogP contribution is 2.26. The van der Waals surface area contributed by atoms with E-state index in [0.29, 0.717) is 0 Å². The van der Waals surface area contributed by atoms with Crippen molar-refractivity contribution in [2.75, 3.05) is 0 Å². The smallest absolute Gasteiger partial charge is 0.149 e. The molecule has 0 aliphatic heterocycles. The molecule has 14 heavy (non-hydrogen) atoms. The lowest BCUT2D eigenvalue weighted by Crippen LogP contribution is -2.22. The van der Waals surface area contributed by atoms with Gasteiger partial charge in [-0.05, 0) is 12.1 Å². The van der Waals surface area contributed by atoms with Gasteiger partial charge in [0.25, 0.3) is 0 Å². The number of phenolic OH excluding ortho intramolecular Hbond substituents is 1. The Morgan fingerprint density at radius 2 is 2.14 bits per heavy atom. The molecule has 0 fully saturated rings. The topological polar surface area (TPSA) is 32.3 Å². The van der Waals surface area contributed by atoms with Crippen molar-refractivity contribution in [2.45, 2.75) is 26.4 Å². The molecule has 1 aromatic rings. The van der Waals surface area contributed by atoms with Crippen LogP contribution in [0.15, 0.2) is 12.1 Å². The molecule has 78 valence electrons. The van der Waals surface area contributed by atoms with Crippen molar-refractivity contribution >= 4 is 11.6 Å². The molecule has 0 radical (unpaired) electrons. The average molecular weight is 218 g/mol. The summed E-state index contributed by atoms with van der Waals surface area (Å²) in [5.41, 5.74) is 0.214. The molecular weight excluding hydrogens is 205 g/mol. The summed E-state index contributed by atoms with van der Waals surface area (Å²) in [7, 11) is 0. The second kappa shape index (κ2) is 4.62. The normalized spacial score (nSPS) is 10.9. The SMILES string of the molecule is CC(C)NCc1c(O)ccc(Cl)c1F. The Hall–Kier alpha value is -0.800. The lowest BCUT2D eigenvalue weighted by Gasteiger charge is -2.10. The van der Waals surface area contributed by atoms with Crippen LogP contribution < -0.4 is 5.32 Å². The molecule has 0 aliphatic rings. The van der Waals surface area contributed by atoms with Gasteiger partial charge in [-0.1, -0.05) is 25.4 Å². The number of hydrogen-bond acceptors (Lipinski definition) is 2. The van der Waals surface area contributed by atoms with E-state index < -0.39 is 5.82 Å². The van der Waals surface area contributed by atoms with Gasteiger partial charge in [0.05, 0.1) is 5.02 Å². The van der Waals surface area contributed by atoms with E-state index >= 15 is 0 Å². The molecule has 0 amide bonds. The molecule has 0 saturated heterocycles. The summed E-state index contributed by atoms with van der Waals surface area (Å²) in [6, 6.07) is 2.96. The van der Waals surface area contributed by atoms with Crippen LogP contribution in [0.5, 0.6) is 5.75 Å². The Kier molecular flexibility index (Phi) is 3.72. The van der Waals surface area contributed by atoms with Crippen molar-refractivity contribution in [3.8, 4) is 5.75 Å². The first kappa shape index (κ1) is 11.3. The number of aromatic hydroxyl groups is 1. The zero-order chi connectivity index (χ0) is 10.7. The molecule has 2 nitrogen and oxygen atoms in total. The Bertz CT molecular complexity index is 328. The lowest BCUT2D eigenvalue weighted by molar-refractivity contribution is 0.449. The third-order valence-electron chi connectivity index (χ3n) is 1.86. The molecule has 0 spiro atoms. The van der Waals surface area contributed by atoms with Crippen LogP contribution in [0, 0.1) is 5.82 Å². The third kappa shape index (κ3) is 2.59. The van der Waals surface area contributed by atoms with Crippen LogP contribution in [0.25, 0.3) is 0 Å². The maximum atomic E-state index is 13.4. The van der Waals surface area contributed by atoms with E-state index in [1.165, 1.54) is 12.1 Å². The molecular formula is C10H13ClFNO. The molecule has 0 aliphatic carbocycles. The monoisotopic (exact) mass is 217 g/mol. The minimum absolute atomic E-state index is 0.0309. The van der Waals surface area contributed by atoms with Crippen LogP contribution in [0.1, 0.15) is 19.4 Å². The van der Waals surface area contributed by atoms with Gasteiger partial charge in [-0.25, -0.2) is 4.39 Å². The van der Waals surface area contributed by atoms with Gasteiger partial charge < -0.3 is 10.4 Å². The highest BCUT2D eigenvalue weighted by Gasteiger charge is 2.11. The summed E-state index contributed by atoms with van der Waals surface area (Å²) in [5, 5.41) is 12.4. The summed E-state index contributed by atoms with van der Waals surface area (Å²) in [5.74, 6) is -0.625. The van der Waals surface area contributed by atoms with Gasteiger partial charge >= 0.3 is 0 Å². The summed E-state index contributed by atoms with van der Waals surface area (Å²) >= 11 is 5.59. The zero-order valence-electron chi connectivity index (χ0n) is 8.14. The van der Waals surface area contributed by atoms with Gasteiger partial charge in [-0.15, -0.1) is 0 Å². The molecule has 1 aromatic carbocycles. The van der Waals surface area contributed by atoms with E-state index in [0.717, 1.165) is 0 Å². The fraction of sp³-hybridized carbons (Fsp3) is 0.400. The van der Waals surface area contributed by atoms with Gasteiger partial charge in [0.15, 0.2) is 0 Å². The van der Waals surface area contributed by atoms with Crippen molar-refractivity contribution in [3.05, 3.63) is 28.5 Å². The summed E-state index contributed by atoms with van der Waals surface area (Å²) in [6.07, 6.45) is 0. The van der Waals surface area contributed by atoms with E-state index in [9.17, 15) is 9.50 Å². The van der Waals surface area contributed by atoms with Crippen LogP contribution in [0.2, 0.25) is 5.02 Å². The number of nitrogens with one attached hydrogen (secondary N) is 1. The van der Waals surface area contributed by atoms with E-state index in [1.807, 2.05) is 13.8 Å². The highest BCUT2D eigenvalue weighted by molar-refractivity contribution is 6.30. The van der Waals surface area contributed by atoms with Crippen molar-refractivity contribution in [1.29, 1.82) is 0 Å². The largest absolute Gasteiger partial charge is 0.508 e. The van der Waals surface area contributed by atoms with Crippen LogP contribution in [0.3, 0.4) is 0 Å². The maximum absolute atomic E-state index is 13.4. The minimum Gasteiger partial charge on any atom is -0.508 e. The quantitative estimate of drug-likeness (QED) is 0.816. The van der Waals surface area contributed by atoms with Crippen molar-refractivity contribution < 1.29 is 9.50 Å². The fourth-order valence-corrected chi connectivity index (χ4v) is 1.23. The first-order chi connectivity index (χ1) is 6.52. The van der Waals surface area contributed by atoms with Crippen LogP contribution >= 0.6 is 11.6 Å². The lowest BCUT2D eigenvalue weighted by atomic mass is 10.2. The Labute approximate surface area is 87.7 Å². The standard InChI is InChI=1S/C10H13ClFNO/c1-6(2)13-5-7-9(14)4-3-8(11)10(7)12/h3-4,6,13-14H,5H2,1-2H3. The molecule has 0 saturated carbocycles. The first-order valence-corrected chi connectivity index (χ1v) is 4.79. The molecule has 0 aromatic heterocycles. The van der Waals surface area contributed by atoms with Gasteiger partial charge in [-0.3, -0.25) is 0 Å². The molecule has 0 unspecified atom stereocenters. The molecule has 2 N–H and O–H groups in total. The van der Waals surface area contributed by atoms with Gasteiger partial charge in [0, 0.05) is 18.2 Å². The summed E-state index contributed by atoms with van der Waals surface area (Å²) < 4.78 is 13.4. The van der Waals surface area contributed by atoms with Gasteiger partial charge in [-0.2, -0.15) is 0 Å². The predicted molar refractivity (Wildman–Crippen MR) is 55.1 cm³/mol. The molecule has 1 rings (SSSR count). The number of hydrogen-bond donors (Lipinski definition) is 2. The number of halogens is 2. The number of rotatable bonds is 3. The third-order valence-corrected chi connectivity index (χ3v) is 2.15. The van der Waals surface area contributed by atoms with E-state index in [2.05, 4.69) is 5.32 Å². The van der Waals surface area contributed by atoms with Crippen molar-refractivity contribution in [1.82, 2.24) is 5.32 Å². The molecule has 0 bridgehead atoms. The minimum atomic E-state index is -0.556. The van der Waals surface area contributed by atoms with Crippen molar-refractivity contribution in [2.24, 2.45) is 0 Å². The number of benzene rings is 1. The fourth-order valence-electron chi connectivity index (χ4n) is 1.06. The molecule has 4 heteroatoms. The Morgan fingerprint density at radius 3 is 2.71 bits per heavy atom. The maximum Gasteiger partial charge on any atom is 0.149 e. The van der Waals surface area contributed by atoms with E-state index in [1.54, 1.807) is 0 Å². The molecule has 0 heterocycles.